The molecule has 0 radical (unpaired) electrons. The van der Waals surface area contributed by atoms with Crippen LogP contribution in [0.15, 0.2) is 17.1 Å². The number of H-pyrrole nitrogens is 1. The van der Waals surface area contributed by atoms with Gasteiger partial charge in [-0.15, -0.1) is 0 Å². The quantitative estimate of drug-likeness (QED) is 0.418. The molecule has 1 aliphatic heterocycles. The molecule has 0 saturated carbocycles. The lowest BCUT2D eigenvalue weighted by molar-refractivity contribution is -0.0755. The van der Waals surface area contributed by atoms with Crippen molar-refractivity contribution in [3.8, 4) is 11.8 Å². The Labute approximate surface area is 141 Å². The van der Waals surface area contributed by atoms with Gasteiger partial charge < -0.3 is 31.0 Å². The zero-order chi connectivity index (χ0) is 18.4. The van der Waals surface area contributed by atoms with Gasteiger partial charge in [0.05, 0.1) is 11.5 Å². The van der Waals surface area contributed by atoms with E-state index in [0.29, 0.717) is 0 Å². The molecule has 1 aliphatic rings. The highest BCUT2D eigenvalue weighted by Crippen LogP contribution is 2.39. The van der Waals surface area contributed by atoms with Crippen LogP contribution in [-0.2, 0) is 4.74 Å². The lowest BCUT2D eigenvalue weighted by Crippen LogP contribution is -2.54. The van der Waals surface area contributed by atoms with Crippen LogP contribution in [-0.4, -0.2) is 55.3 Å². The summed E-state index contributed by atoms with van der Waals surface area (Å²) in [6.45, 7) is 0.461. The third kappa shape index (κ3) is 2.67. The standard InChI is InChI=1S/C15H18FN5O4/c1-7(22)9-10(23)15(18,4-2-5-16)13(25-9)21-6-3-8-11(21)19-14(17)20-12(8)24/h3,6-7,9-10,13,22-23H,5,18H2,1H3,(H3,17,19,20,24)/t7-,9+,10?,13+,15+/m0/s1. The minimum Gasteiger partial charge on any atom is -0.391 e. The molecule has 5 atom stereocenters. The molecule has 7 N–H and O–H groups in total. The van der Waals surface area contributed by atoms with Gasteiger partial charge in [-0.2, -0.15) is 4.98 Å². The van der Waals surface area contributed by atoms with E-state index in [1.807, 2.05) is 0 Å². The van der Waals surface area contributed by atoms with Gasteiger partial charge in [0.15, 0.2) is 17.4 Å². The maximum atomic E-state index is 12.5. The number of anilines is 1. The highest BCUT2D eigenvalue weighted by atomic mass is 19.1. The van der Waals surface area contributed by atoms with Gasteiger partial charge in [-0.3, -0.25) is 9.78 Å². The van der Waals surface area contributed by atoms with Crippen LogP contribution in [0.3, 0.4) is 0 Å². The Kier molecular flexibility index (Phi) is 4.26. The number of nitrogens with zero attached hydrogens (tertiary/aromatic N) is 2. The number of aliphatic hydroxyl groups excluding tert-OH is 2. The number of aromatic amines is 1. The summed E-state index contributed by atoms with van der Waals surface area (Å²) in [7, 11) is 0. The molecule has 0 bridgehead atoms. The molecule has 134 valence electrons. The normalized spacial score (nSPS) is 30.2. The van der Waals surface area contributed by atoms with Crippen LogP contribution in [0, 0.1) is 11.8 Å². The van der Waals surface area contributed by atoms with E-state index < -0.39 is 42.3 Å². The van der Waals surface area contributed by atoms with Crippen LogP contribution in [0.1, 0.15) is 13.2 Å². The second-order valence-electron chi connectivity index (χ2n) is 5.92. The molecule has 0 spiro atoms. The minimum atomic E-state index is -1.72. The molecular formula is C15H18FN5O4. The first-order valence-corrected chi connectivity index (χ1v) is 7.52. The topological polar surface area (TPSA) is 152 Å². The minimum absolute atomic E-state index is 0.111. The van der Waals surface area contributed by atoms with Gasteiger partial charge in [0, 0.05) is 6.20 Å². The average molecular weight is 351 g/mol. The van der Waals surface area contributed by atoms with Crippen LogP contribution in [0.4, 0.5) is 10.3 Å². The predicted molar refractivity (Wildman–Crippen MR) is 87.0 cm³/mol. The zero-order valence-corrected chi connectivity index (χ0v) is 13.3. The number of rotatable bonds is 2. The number of ether oxygens (including phenoxy) is 1. The van der Waals surface area contributed by atoms with Crippen LogP contribution >= 0.6 is 0 Å². The molecule has 0 aliphatic carbocycles. The van der Waals surface area contributed by atoms with Crippen LogP contribution in [0.2, 0.25) is 0 Å². The molecule has 3 heterocycles. The third-order valence-corrected chi connectivity index (χ3v) is 4.19. The van der Waals surface area contributed by atoms with E-state index in [0.717, 1.165) is 0 Å². The molecule has 25 heavy (non-hydrogen) atoms. The van der Waals surface area contributed by atoms with E-state index in [2.05, 4.69) is 21.8 Å². The van der Waals surface area contributed by atoms with Crippen molar-refractivity contribution in [2.75, 3.05) is 12.4 Å². The zero-order valence-electron chi connectivity index (χ0n) is 13.3. The number of fused-ring (bicyclic) bond motifs is 1. The number of nitrogens with two attached hydrogens (primary N) is 2. The van der Waals surface area contributed by atoms with Crippen LogP contribution in [0.5, 0.6) is 0 Å². The Morgan fingerprint density at radius 2 is 2.36 bits per heavy atom. The fourth-order valence-electron chi connectivity index (χ4n) is 3.00. The molecule has 3 rings (SSSR count). The molecule has 0 amide bonds. The van der Waals surface area contributed by atoms with Gasteiger partial charge in [0.2, 0.25) is 5.95 Å². The number of aromatic nitrogens is 3. The maximum Gasteiger partial charge on any atom is 0.261 e. The van der Waals surface area contributed by atoms with Crippen LogP contribution < -0.4 is 17.0 Å². The van der Waals surface area contributed by atoms with Crippen molar-refractivity contribution in [2.24, 2.45) is 5.73 Å². The molecule has 9 nitrogen and oxygen atoms in total. The predicted octanol–water partition coefficient (Wildman–Crippen LogP) is -1.38. The van der Waals surface area contributed by atoms with Gasteiger partial charge >= 0.3 is 0 Å². The van der Waals surface area contributed by atoms with E-state index in [4.69, 9.17) is 16.2 Å². The summed E-state index contributed by atoms with van der Waals surface area (Å²) < 4.78 is 19.6. The highest BCUT2D eigenvalue weighted by molar-refractivity contribution is 5.76. The summed E-state index contributed by atoms with van der Waals surface area (Å²) in [5, 5.41) is 20.6. The van der Waals surface area contributed by atoms with Gasteiger partial charge in [0.25, 0.3) is 5.56 Å². The number of aliphatic hydroxyl groups is 2. The summed E-state index contributed by atoms with van der Waals surface area (Å²) in [6.07, 6.45) is -3.15. The van der Waals surface area contributed by atoms with Crippen molar-refractivity contribution < 1.29 is 19.3 Å². The number of nitrogens with one attached hydrogen (secondary N) is 1. The molecule has 0 aromatic carbocycles. The van der Waals surface area contributed by atoms with E-state index in [9.17, 15) is 19.4 Å². The number of halogens is 1. The lowest BCUT2D eigenvalue weighted by Gasteiger charge is -2.28. The smallest absolute Gasteiger partial charge is 0.261 e. The van der Waals surface area contributed by atoms with Crippen molar-refractivity contribution in [1.29, 1.82) is 0 Å². The SMILES string of the molecule is C[C@H](O)[C@H]1O[C@@H](n2ccc3c(=O)[nH]c(N)nc32)[C@@](N)(C#CCF)C1O. The maximum absolute atomic E-state index is 12.5. The van der Waals surface area contributed by atoms with E-state index in [1.165, 1.54) is 23.8 Å². The summed E-state index contributed by atoms with van der Waals surface area (Å²) >= 11 is 0. The van der Waals surface area contributed by atoms with Crippen molar-refractivity contribution >= 4 is 17.0 Å². The number of hydrogen-bond donors (Lipinski definition) is 5. The number of nitrogen functional groups attached to an aromatic ring is 1. The monoisotopic (exact) mass is 351 g/mol. The van der Waals surface area contributed by atoms with Gasteiger partial charge in [-0.1, -0.05) is 11.8 Å². The Hall–Kier alpha value is -2.45. The molecule has 1 unspecified atom stereocenters. The summed E-state index contributed by atoms with van der Waals surface area (Å²) in [5.74, 6) is 4.56. The van der Waals surface area contributed by atoms with E-state index >= 15 is 0 Å². The molecule has 1 fully saturated rings. The highest BCUT2D eigenvalue weighted by Gasteiger charge is 2.55. The first-order valence-electron chi connectivity index (χ1n) is 7.52. The number of hydrogen-bond acceptors (Lipinski definition) is 7. The van der Waals surface area contributed by atoms with E-state index in [-0.39, 0.29) is 17.0 Å². The Morgan fingerprint density at radius 3 is 3.00 bits per heavy atom. The second kappa shape index (κ2) is 6.12. The van der Waals surface area contributed by atoms with Crippen molar-refractivity contribution in [2.45, 2.75) is 37.0 Å². The van der Waals surface area contributed by atoms with Crippen molar-refractivity contribution in [3.05, 3.63) is 22.6 Å². The summed E-state index contributed by atoms with van der Waals surface area (Å²) in [5.41, 5.74) is 9.80. The molecule has 2 aromatic heterocycles. The molecule has 2 aromatic rings. The fourth-order valence-corrected chi connectivity index (χ4v) is 3.00. The molecular weight excluding hydrogens is 333 g/mol. The van der Waals surface area contributed by atoms with Gasteiger partial charge in [-0.25, -0.2) is 4.39 Å². The lowest BCUT2D eigenvalue weighted by atomic mass is 9.90. The molecule has 10 heteroatoms. The fraction of sp³-hybridized carbons (Fsp3) is 0.467. The van der Waals surface area contributed by atoms with Gasteiger partial charge in [0.1, 0.15) is 18.9 Å². The van der Waals surface area contributed by atoms with Gasteiger partial charge in [-0.05, 0) is 13.0 Å². The first kappa shape index (κ1) is 17.4. The molecule has 1 saturated heterocycles. The Balaban J connectivity index is 2.18. The largest absolute Gasteiger partial charge is 0.391 e. The van der Waals surface area contributed by atoms with Crippen molar-refractivity contribution in [3.63, 3.8) is 0 Å². The first-order chi connectivity index (χ1) is 11.8. The Bertz CT molecular complexity index is 914. The summed E-state index contributed by atoms with van der Waals surface area (Å²) in [4.78, 5) is 18.4. The Morgan fingerprint density at radius 1 is 1.64 bits per heavy atom. The number of alkyl halides is 1. The second-order valence-corrected chi connectivity index (χ2v) is 5.92. The average Bonchev–Trinajstić information content (AvgIpc) is 3.06. The van der Waals surface area contributed by atoms with Crippen LogP contribution in [0.25, 0.3) is 11.0 Å². The third-order valence-electron chi connectivity index (χ3n) is 4.19. The summed E-state index contributed by atoms with van der Waals surface area (Å²) in [6, 6.07) is 1.48. The van der Waals surface area contributed by atoms with Crippen molar-refractivity contribution in [1.82, 2.24) is 14.5 Å². The van der Waals surface area contributed by atoms with E-state index in [1.54, 1.807) is 0 Å².